The summed E-state index contributed by atoms with van der Waals surface area (Å²) in [6.07, 6.45) is 2.88. The molecule has 0 aliphatic carbocycles. The van der Waals surface area contributed by atoms with Crippen molar-refractivity contribution in [2.45, 2.75) is 26.3 Å². The summed E-state index contributed by atoms with van der Waals surface area (Å²) in [5, 5.41) is 0. The summed E-state index contributed by atoms with van der Waals surface area (Å²) in [6.45, 7) is 2.35. The number of Topliss-reactive ketones (excluding diaryl/α,β-unsaturated/α-hetero) is 1. The zero-order valence-corrected chi connectivity index (χ0v) is 11.1. The third kappa shape index (κ3) is 3.08. The van der Waals surface area contributed by atoms with Crippen molar-refractivity contribution in [2.75, 3.05) is 12.3 Å². The Morgan fingerprint density at radius 1 is 1.35 bits per heavy atom. The molecule has 0 radical (unpaired) electrons. The Balaban J connectivity index is 1.98. The summed E-state index contributed by atoms with van der Waals surface area (Å²) >= 11 is 0. The van der Waals surface area contributed by atoms with Gasteiger partial charge in [0.1, 0.15) is 24.0 Å². The molecule has 0 aromatic carbocycles. The molecule has 0 amide bonds. The highest BCUT2D eigenvalue weighted by atomic mass is 16.5. The first-order chi connectivity index (χ1) is 9.61. The summed E-state index contributed by atoms with van der Waals surface area (Å²) in [4.78, 5) is 34.8. The van der Waals surface area contributed by atoms with Gasteiger partial charge in [-0.25, -0.2) is 15.0 Å². The van der Waals surface area contributed by atoms with E-state index in [1.54, 1.807) is 17.8 Å². The lowest BCUT2D eigenvalue weighted by Crippen LogP contribution is -2.13. The quantitative estimate of drug-likeness (QED) is 0.597. The third-order valence-electron chi connectivity index (χ3n) is 2.71. The number of nitrogens with zero attached hydrogens (tertiary/aromatic N) is 4. The number of carbonyl (C=O) groups excluding carboxylic acids is 2. The van der Waals surface area contributed by atoms with Crippen LogP contribution in [-0.4, -0.2) is 37.9 Å². The van der Waals surface area contributed by atoms with E-state index in [0.717, 1.165) is 0 Å². The lowest BCUT2D eigenvalue weighted by Gasteiger charge is -2.03. The van der Waals surface area contributed by atoms with Crippen molar-refractivity contribution in [1.29, 1.82) is 0 Å². The second-order valence-corrected chi connectivity index (χ2v) is 4.14. The van der Waals surface area contributed by atoms with Crippen molar-refractivity contribution in [3.63, 3.8) is 0 Å². The van der Waals surface area contributed by atoms with Crippen LogP contribution in [0.25, 0.3) is 11.2 Å². The number of carbonyl (C=O) groups is 2. The number of nitrogens with two attached hydrogens (primary N) is 1. The molecule has 106 valence electrons. The molecule has 8 heteroatoms. The van der Waals surface area contributed by atoms with Gasteiger partial charge in [0.25, 0.3) is 0 Å². The van der Waals surface area contributed by atoms with E-state index in [0.29, 0.717) is 23.5 Å². The Morgan fingerprint density at radius 3 is 2.90 bits per heavy atom. The molecule has 0 aliphatic heterocycles. The molecular formula is C12H15N5O3. The van der Waals surface area contributed by atoms with E-state index in [-0.39, 0.29) is 25.2 Å². The standard InChI is InChI=1S/C12H15N5O3/c1-2-20-9(19)5-8(18)3-4-17-7-16-10-11(13)14-6-15-12(10)17/h6-7H,2-5H2,1H3,(H2,13,14,15). The van der Waals surface area contributed by atoms with Crippen molar-refractivity contribution in [2.24, 2.45) is 0 Å². The zero-order valence-electron chi connectivity index (χ0n) is 11.1. The number of aryl methyl sites for hydroxylation is 1. The van der Waals surface area contributed by atoms with Crippen LogP contribution in [0.1, 0.15) is 19.8 Å². The van der Waals surface area contributed by atoms with E-state index in [2.05, 4.69) is 15.0 Å². The monoisotopic (exact) mass is 277 g/mol. The van der Waals surface area contributed by atoms with Crippen LogP contribution in [0.15, 0.2) is 12.7 Å². The van der Waals surface area contributed by atoms with Gasteiger partial charge in [0.2, 0.25) is 0 Å². The highest BCUT2D eigenvalue weighted by Crippen LogP contribution is 2.14. The summed E-state index contributed by atoms with van der Waals surface area (Å²) in [5.41, 5.74) is 6.75. The van der Waals surface area contributed by atoms with E-state index in [4.69, 9.17) is 10.5 Å². The smallest absolute Gasteiger partial charge is 0.313 e. The first-order valence-corrected chi connectivity index (χ1v) is 6.20. The topological polar surface area (TPSA) is 113 Å². The highest BCUT2D eigenvalue weighted by Gasteiger charge is 2.12. The molecule has 0 saturated carbocycles. The maximum atomic E-state index is 11.6. The van der Waals surface area contributed by atoms with Gasteiger partial charge in [-0.2, -0.15) is 0 Å². The number of anilines is 1. The Hall–Kier alpha value is -2.51. The van der Waals surface area contributed by atoms with Crippen LogP contribution in [0.2, 0.25) is 0 Å². The molecule has 20 heavy (non-hydrogen) atoms. The van der Waals surface area contributed by atoms with E-state index >= 15 is 0 Å². The molecule has 0 aliphatic rings. The van der Waals surface area contributed by atoms with Gasteiger partial charge in [0, 0.05) is 13.0 Å². The highest BCUT2D eigenvalue weighted by molar-refractivity contribution is 5.95. The molecule has 2 heterocycles. The van der Waals surface area contributed by atoms with Gasteiger partial charge in [-0.1, -0.05) is 0 Å². The first-order valence-electron chi connectivity index (χ1n) is 6.20. The lowest BCUT2D eigenvalue weighted by atomic mass is 10.2. The second kappa shape index (κ2) is 6.09. The Morgan fingerprint density at radius 2 is 2.15 bits per heavy atom. The van der Waals surface area contributed by atoms with Gasteiger partial charge < -0.3 is 15.0 Å². The van der Waals surface area contributed by atoms with E-state index < -0.39 is 5.97 Å². The summed E-state index contributed by atoms with van der Waals surface area (Å²) in [5.74, 6) is -0.390. The average molecular weight is 277 g/mol. The molecule has 0 atom stereocenters. The van der Waals surface area contributed by atoms with Crippen molar-refractivity contribution < 1.29 is 14.3 Å². The number of imidazole rings is 1. The lowest BCUT2D eigenvalue weighted by molar-refractivity contribution is -0.145. The fourth-order valence-electron chi connectivity index (χ4n) is 1.77. The predicted octanol–water partition coefficient (Wildman–Crippen LogP) is 0.321. The summed E-state index contributed by atoms with van der Waals surface area (Å²) in [7, 11) is 0. The minimum atomic E-state index is -0.500. The van der Waals surface area contributed by atoms with Crippen LogP contribution < -0.4 is 5.73 Å². The van der Waals surface area contributed by atoms with Crippen LogP contribution in [0.4, 0.5) is 5.82 Å². The van der Waals surface area contributed by atoms with Gasteiger partial charge in [0.15, 0.2) is 11.5 Å². The Bertz CT molecular complexity index is 637. The molecule has 8 nitrogen and oxygen atoms in total. The van der Waals surface area contributed by atoms with E-state index in [9.17, 15) is 9.59 Å². The number of ketones is 1. The molecule has 2 aromatic rings. The number of hydrogen-bond donors (Lipinski definition) is 1. The molecular weight excluding hydrogens is 262 g/mol. The molecule has 0 saturated heterocycles. The number of aromatic nitrogens is 4. The maximum Gasteiger partial charge on any atom is 0.313 e. The summed E-state index contributed by atoms with van der Waals surface area (Å²) < 4.78 is 6.42. The van der Waals surface area contributed by atoms with Crippen LogP contribution >= 0.6 is 0 Å². The maximum absolute atomic E-state index is 11.6. The van der Waals surface area contributed by atoms with Crippen LogP contribution in [0.3, 0.4) is 0 Å². The molecule has 2 N–H and O–H groups in total. The van der Waals surface area contributed by atoms with Gasteiger partial charge >= 0.3 is 5.97 Å². The van der Waals surface area contributed by atoms with Crippen molar-refractivity contribution >= 4 is 28.7 Å². The second-order valence-electron chi connectivity index (χ2n) is 4.14. The first kappa shape index (κ1) is 13.9. The number of nitrogen functional groups attached to an aromatic ring is 1. The molecule has 2 aromatic heterocycles. The van der Waals surface area contributed by atoms with Crippen LogP contribution in [0, 0.1) is 0 Å². The third-order valence-corrected chi connectivity index (χ3v) is 2.71. The summed E-state index contributed by atoms with van der Waals surface area (Å²) in [6, 6.07) is 0. The van der Waals surface area contributed by atoms with E-state index in [1.165, 1.54) is 6.33 Å². The molecule has 0 unspecified atom stereocenters. The molecule has 2 rings (SSSR count). The Labute approximate surface area is 115 Å². The van der Waals surface area contributed by atoms with E-state index in [1.807, 2.05) is 0 Å². The van der Waals surface area contributed by atoms with Crippen LogP contribution in [-0.2, 0) is 20.9 Å². The van der Waals surface area contributed by atoms with Crippen molar-refractivity contribution in [1.82, 2.24) is 19.5 Å². The number of fused-ring (bicyclic) bond motifs is 1. The SMILES string of the molecule is CCOC(=O)CC(=O)CCn1cnc2c(N)ncnc21. The van der Waals surface area contributed by atoms with Crippen molar-refractivity contribution in [3.05, 3.63) is 12.7 Å². The largest absolute Gasteiger partial charge is 0.466 e. The van der Waals surface area contributed by atoms with Crippen molar-refractivity contribution in [3.8, 4) is 0 Å². The molecule has 0 bridgehead atoms. The average Bonchev–Trinajstić information content (AvgIpc) is 2.81. The van der Waals surface area contributed by atoms with Gasteiger partial charge in [-0.3, -0.25) is 9.59 Å². The van der Waals surface area contributed by atoms with Gasteiger partial charge in [-0.15, -0.1) is 0 Å². The molecule has 0 fully saturated rings. The molecule has 0 spiro atoms. The minimum absolute atomic E-state index is 0.188. The fraction of sp³-hybridized carbons (Fsp3) is 0.417. The number of esters is 1. The fourth-order valence-corrected chi connectivity index (χ4v) is 1.77. The number of rotatable bonds is 6. The zero-order chi connectivity index (χ0) is 14.5. The minimum Gasteiger partial charge on any atom is -0.466 e. The predicted molar refractivity (Wildman–Crippen MR) is 70.6 cm³/mol. The van der Waals surface area contributed by atoms with Crippen LogP contribution in [0.5, 0.6) is 0 Å². The Kier molecular flexibility index (Phi) is 4.24. The van der Waals surface area contributed by atoms with Gasteiger partial charge in [0.05, 0.1) is 12.9 Å². The van der Waals surface area contributed by atoms with Gasteiger partial charge in [-0.05, 0) is 6.92 Å². The number of hydrogen-bond acceptors (Lipinski definition) is 7. The normalized spacial score (nSPS) is 10.7. The number of ether oxygens (including phenoxy) is 1.